The molecule has 0 radical (unpaired) electrons. The first-order valence-electron chi connectivity index (χ1n) is 5.32. The van der Waals surface area contributed by atoms with Gasteiger partial charge in [-0.1, -0.05) is 0 Å². The molecule has 0 amide bonds. The average Bonchev–Trinajstić information content (AvgIpc) is 2.17. The maximum Gasteiger partial charge on any atom is 0.0644 e. The van der Waals surface area contributed by atoms with Gasteiger partial charge >= 0.3 is 0 Å². The van der Waals surface area contributed by atoms with Crippen LogP contribution in [-0.4, -0.2) is 39.0 Å². The van der Waals surface area contributed by atoms with Gasteiger partial charge in [0.15, 0.2) is 0 Å². The lowest BCUT2D eigenvalue weighted by Gasteiger charge is -2.22. The van der Waals surface area contributed by atoms with Gasteiger partial charge in [-0.3, -0.25) is 0 Å². The van der Waals surface area contributed by atoms with E-state index in [9.17, 15) is 0 Å². The van der Waals surface area contributed by atoms with Gasteiger partial charge in [-0.15, -0.1) is 0 Å². The molecule has 86 valence electrons. The van der Waals surface area contributed by atoms with E-state index in [0.717, 1.165) is 26.1 Å². The van der Waals surface area contributed by atoms with E-state index in [-0.39, 0.29) is 5.60 Å². The van der Waals surface area contributed by atoms with Gasteiger partial charge in [0, 0.05) is 26.4 Å². The standard InChI is InChI=1S/C11H25NO2/c1-10(12-4)6-8-14-9-7-11(2,3)13-5/h10,12H,6-9H2,1-5H3. The molecule has 0 aliphatic carbocycles. The summed E-state index contributed by atoms with van der Waals surface area (Å²) < 4.78 is 10.8. The number of ether oxygens (including phenoxy) is 2. The van der Waals surface area contributed by atoms with Crippen LogP contribution in [-0.2, 0) is 9.47 Å². The van der Waals surface area contributed by atoms with Crippen LogP contribution in [0.1, 0.15) is 33.6 Å². The molecule has 1 atom stereocenters. The Hall–Kier alpha value is -0.120. The Morgan fingerprint density at radius 3 is 2.43 bits per heavy atom. The lowest BCUT2D eigenvalue weighted by atomic mass is 10.1. The zero-order valence-electron chi connectivity index (χ0n) is 10.2. The summed E-state index contributed by atoms with van der Waals surface area (Å²) >= 11 is 0. The van der Waals surface area contributed by atoms with Crippen molar-refractivity contribution in [2.45, 2.75) is 45.3 Å². The van der Waals surface area contributed by atoms with Crippen molar-refractivity contribution in [3.63, 3.8) is 0 Å². The van der Waals surface area contributed by atoms with Gasteiger partial charge in [-0.2, -0.15) is 0 Å². The highest BCUT2D eigenvalue weighted by Crippen LogP contribution is 2.12. The molecule has 3 heteroatoms. The second-order valence-electron chi connectivity index (χ2n) is 4.30. The minimum atomic E-state index is -0.0609. The van der Waals surface area contributed by atoms with Crippen LogP contribution < -0.4 is 5.32 Å². The lowest BCUT2D eigenvalue weighted by Crippen LogP contribution is -2.26. The lowest BCUT2D eigenvalue weighted by molar-refractivity contribution is -0.0105. The second-order valence-corrected chi connectivity index (χ2v) is 4.30. The molecule has 0 spiro atoms. The molecule has 0 saturated heterocycles. The third-order valence-corrected chi connectivity index (χ3v) is 2.59. The average molecular weight is 203 g/mol. The van der Waals surface area contributed by atoms with Crippen molar-refractivity contribution in [1.82, 2.24) is 5.32 Å². The fourth-order valence-corrected chi connectivity index (χ4v) is 0.927. The first-order chi connectivity index (χ1) is 6.52. The van der Waals surface area contributed by atoms with Gasteiger partial charge in [0.25, 0.3) is 0 Å². The molecule has 3 nitrogen and oxygen atoms in total. The van der Waals surface area contributed by atoms with E-state index in [1.54, 1.807) is 7.11 Å². The predicted molar refractivity (Wildman–Crippen MR) is 59.7 cm³/mol. The van der Waals surface area contributed by atoms with Crippen molar-refractivity contribution < 1.29 is 9.47 Å². The molecule has 0 rings (SSSR count). The van der Waals surface area contributed by atoms with Crippen molar-refractivity contribution in [3.8, 4) is 0 Å². The molecule has 0 aromatic heterocycles. The molecule has 0 aromatic rings. The van der Waals surface area contributed by atoms with E-state index < -0.39 is 0 Å². The molecule has 0 aliphatic rings. The normalized spacial score (nSPS) is 14.4. The van der Waals surface area contributed by atoms with E-state index >= 15 is 0 Å². The van der Waals surface area contributed by atoms with Crippen molar-refractivity contribution in [2.75, 3.05) is 27.4 Å². The summed E-state index contributed by atoms with van der Waals surface area (Å²) in [6, 6.07) is 0.533. The first-order valence-corrected chi connectivity index (χ1v) is 5.32. The maximum atomic E-state index is 5.52. The van der Waals surface area contributed by atoms with Crippen LogP contribution in [0.15, 0.2) is 0 Å². The molecule has 0 fully saturated rings. The summed E-state index contributed by atoms with van der Waals surface area (Å²) in [6.45, 7) is 7.90. The Kier molecular flexibility index (Phi) is 7.15. The van der Waals surface area contributed by atoms with Gasteiger partial charge < -0.3 is 14.8 Å². The second kappa shape index (κ2) is 7.21. The van der Waals surface area contributed by atoms with E-state index in [1.807, 2.05) is 7.05 Å². The smallest absolute Gasteiger partial charge is 0.0644 e. The van der Waals surface area contributed by atoms with Crippen molar-refractivity contribution >= 4 is 0 Å². The summed E-state index contributed by atoms with van der Waals surface area (Å²) in [7, 11) is 3.71. The molecule has 14 heavy (non-hydrogen) atoms. The van der Waals surface area contributed by atoms with E-state index in [1.165, 1.54) is 0 Å². The van der Waals surface area contributed by atoms with Gasteiger partial charge in [0.05, 0.1) is 5.60 Å². The topological polar surface area (TPSA) is 30.5 Å². The van der Waals surface area contributed by atoms with Crippen LogP contribution >= 0.6 is 0 Å². The number of hydrogen-bond acceptors (Lipinski definition) is 3. The third kappa shape index (κ3) is 7.30. The highest BCUT2D eigenvalue weighted by atomic mass is 16.5. The van der Waals surface area contributed by atoms with Gasteiger partial charge in [-0.05, 0) is 40.7 Å². The Morgan fingerprint density at radius 1 is 1.29 bits per heavy atom. The zero-order valence-corrected chi connectivity index (χ0v) is 10.2. The van der Waals surface area contributed by atoms with E-state index in [2.05, 4.69) is 26.1 Å². The van der Waals surface area contributed by atoms with Gasteiger partial charge in [0.2, 0.25) is 0 Å². The number of nitrogens with one attached hydrogen (secondary N) is 1. The Labute approximate surface area is 88.2 Å². The van der Waals surface area contributed by atoms with Crippen LogP contribution in [0.3, 0.4) is 0 Å². The molecule has 0 saturated carbocycles. The molecule has 0 heterocycles. The summed E-state index contributed by atoms with van der Waals surface area (Å²) in [6.07, 6.45) is 2.00. The molecular weight excluding hydrogens is 178 g/mol. The minimum absolute atomic E-state index is 0.0609. The molecule has 0 bridgehead atoms. The summed E-state index contributed by atoms with van der Waals surface area (Å²) in [5.41, 5.74) is -0.0609. The minimum Gasteiger partial charge on any atom is -0.381 e. The monoisotopic (exact) mass is 203 g/mol. The molecule has 0 aliphatic heterocycles. The summed E-state index contributed by atoms with van der Waals surface area (Å²) in [5.74, 6) is 0. The summed E-state index contributed by atoms with van der Waals surface area (Å²) in [5, 5.41) is 3.18. The SMILES string of the molecule is CNC(C)CCOCCC(C)(C)OC. The number of rotatable bonds is 8. The number of hydrogen-bond donors (Lipinski definition) is 1. The molecular formula is C11H25NO2. The Morgan fingerprint density at radius 2 is 1.93 bits per heavy atom. The molecule has 1 N–H and O–H groups in total. The Balaban J connectivity index is 3.30. The summed E-state index contributed by atoms with van der Waals surface area (Å²) in [4.78, 5) is 0. The highest BCUT2D eigenvalue weighted by molar-refractivity contribution is 4.66. The maximum absolute atomic E-state index is 5.52. The quantitative estimate of drug-likeness (QED) is 0.610. The van der Waals surface area contributed by atoms with Crippen LogP contribution in [0.4, 0.5) is 0 Å². The molecule has 1 unspecified atom stereocenters. The van der Waals surface area contributed by atoms with Crippen LogP contribution in [0, 0.1) is 0 Å². The molecule has 0 aromatic carbocycles. The third-order valence-electron chi connectivity index (χ3n) is 2.59. The fourth-order valence-electron chi connectivity index (χ4n) is 0.927. The van der Waals surface area contributed by atoms with E-state index in [0.29, 0.717) is 6.04 Å². The van der Waals surface area contributed by atoms with Crippen LogP contribution in [0.5, 0.6) is 0 Å². The van der Waals surface area contributed by atoms with Crippen molar-refractivity contribution in [3.05, 3.63) is 0 Å². The predicted octanol–water partition coefficient (Wildman–Crippen LogP) is 1.82. The van der Waals surface area contributed by atoms with Crippen molar-refractivity contribution in [1.29, 1.82) is 0 Å². The fraction of sp³-hybridized carbons (Fsp3) is 1.00. The number of methoxy groups -OCH3 is 1. The highest BCUT2D eigenvalue weighted by Gasteiger charge is 2.15. The largest absolute Gasteiger partial charge is 0.381 e. The van der Waals surface area contributed by atoms with E-state index in [4.69, 9.17) is 9.47 Å². The van der Waals surface area contributed by atoms with Crippen molar-refractivity contribution in [2.24, 2.45) is 0 Å². The van der Waals surface area contributed by atoms with Crippen LogP contribution in [0.2, 0.25) is 0 Å². The first kappa shape index (κ1) is 13.9. The van der Waals surface area contributed by atoms with Gasteiger partial charge in [0.1, 0.15) is 0 Å². The van der Waals surface area contributed by atoms with Gasteiger partial charge in [-0.25, -0.2) is 0 Å². The van der Waals surface area contributed by atoms with Crippen LogP contribution in [0.25, 0.3) is 0 Å². The Bertz CT molecular complexity index is 137. The zero-order chi connectivity index (χ0) is 11.0.